The fraction of sp³-hybridized carbons (Fsp3) is 0.115. The summed E-state index contributed by atoms with van der Waals surface area (Å²) in [6.07, 6.45) is 2.13. The number of ether oxygens (including phenoxy) is 2. The summed E-state index contributed by atoms with van der Waals surface area (Å²) in [5.74, 6) is 1.50. The predicted octanol–water partition coefficient (Wildman–Crippen LogP) is 5.63. The largest absolute Gasteiger partial charge is 0.493 e. The van der Waals surface area contributed by atoms with E-state index in [1.807, 2.05) is 18.2 Å². The van der Waals surface area contributed by atoms with Crippen molar-refractivity contribution in [3.05, 3.63) is 96.3 Å². The van der Waals surface area contributed by atoms with Crippen LogP contribution in [-0.2, 0) is 6.61 Å². The van der Waals surface area contributed by atoms with E-state index in [0.717, 1.165) is 33.4 Å². The van der Waals surface area contributed by atoms with Gasteiger partial charge in [0.25, 0.3) is 0 Å². The summed E-state index contributed by atoms with van der Waals surface area (Å²) in [4.78, 5) is 0. The number of nitrogens with zero attached hydrogens (tertiary/aromatic N) is 1. The van der Waals surface area contributed by atoms with Crippen molar-refractivity contribution in [3.8, 4) is 11.5 Å². The van der Waals surface area contributed by atoms with Gasteiger partial charge in [-0.1, -0.05) is 48.5 Å². The van der Waals surface area contributed by atoms with Gasteiger partial charge >= 0.3 is 0 Å². The van der Waals surface area contributed by atoms with Crippen molar-refractivity contribution in [2.24, 2.45) is 0 Å². The molecule has 3 nitrogen and oxygen atoms in total. The second-order valence-electron chi connectivity index (χ2n) is 7.25. The van der Waals surface area contributed by atoms with Gasteiger partial charge in [0.05, 0.1) is 12.5 Å². The van der Waals surface area contributed by atoms with Crippen LogP contribution in [0.4, 0.5) is 0 Å². The van der Waals surface area contributed by atoms with Crippen molar-refractivity contribution >= 4 is 27.1 Å². The molecular formula is C26H22NO2+. The lowest BCUT2D eigenvalue weighted by atomic mass is 10.0. The minimum absolute atomic E-state index is 0.503. The standard InChI is InChI=1S/C26H22NO2/c1-18-22-11-7-6-10-20(22)14-24-23-16-26(29-17-19-8-4-3-5-9-19)25(28-2)15-21(23)12-13-27(18)24/h3-16H,17H2,1-2H3/q+1. The molecule has 2 aromatic heterocycles. The zero-order valence-corrected chi connectivity index (χ0v) is 16.6. The predicted molar refractivity (Wildman–Crippen MR) is 117 cm³/mol. The Hall–Kier alpha value is -3.59. The van der Waals surface area contributed by atoms with Gasteiger partial charge in [-0.2, -0.15) is 4.40 Å². The molecule has 0 N–H and O–H groups in total. The highest BCUT2D eigenvalue weighted by Crippen LogP contribution is 2.34. The first-order valence-electron chi connectivity index (χ1n) is 9.76. The first kappa shape index (κ1) is 17.5. The van der Waals surface area contributed by atoms with Crippen molar-refractivity contribution in [1.82, 2.24) is 0 Å². The lowest BCUT2D eigenvalue weighted by Crippen LogP contribution is -2.25. The number of rotatable bonds is 4. The third kappa shape index (κ3) is 3.05. The van der Waals surface area contributed by atoms with Crippen molar-refractivity contribution in [2.75, 3.05) is 7.11 Å². The minimum Gasteiger partial charge on any atom is -0.493 e. The van der Waals surface area contributed by atoms with Crippen LogP contribution in [0.5, 0.6) is 11.5 Å². The Morgan fingerprint density at radius 1 is 0.759 bits per heavy atom. The van der Waals surface area contributed by atoms with Crippen LogP contribution in [0.3, 0.4) is 0 Å². The summed E-state index contributed by atoms with van der Waals surface area (Å²) < 4.78 is 14.0. The van der Waals surface area contributed by atoms with Crippen molar-refractivity contribution < 1.29 is 13.9 Å². The summed E-state index contributed by atoms with van der Waals surface area (Å²) in [7, 11) is 1.68. The topological polar surface area (TPSA) is 22.6 Å². The van der Waals surface area contributed by atoms with E-state index in [-0.39, 0.29) is 0 Å². The Balaban J connectivity index is 1.70. The van der Waals surface area contributed by atoms with E-state index < -0.39 is 0 Å². The van der Waals surface area contributed by atoms with E-state index in [4.69, 9.17) is 9.47 Å². The highest BCUT2D eigenvalue weighted by molar-refractivity contribution is 5.99. The lowest BCUT2D eigenvalue weighted by Gasteiger charge is -2.12. The molecule has 0 unspecified atom stereocenters. The molecule has 0 aliphatic heterocycles. The Bertz CT molecular complexity index is 1340. The van der Waals surface area contributed by atoms with Crippen LogP contribution in [-0.4, -0.2) is 7.11 Å². The van der Waals surface area contributed by atoms with E-state index in [1.165, 1.54) is 16.5 Å². The van der Waals surface area contributed by atoms with Crippen molar-refractivity contribution in [2.45, 2.75) is 13.5 Å². The molecule has 0 aliphatic rings. The molecule has 0 fully saturated rings. The maximum Gasteiger partial charge on any atom is 0.219 e. The highest BCUT2D eigenvalue weighted by Gasteiger charge is 2.17. The van der Waals surface area contributed by atoms with Gasteiger partial charge in [-0.3, -0.25) is 0 Å². The van der Waals surface area contributed by atoms with Gasteiger partial charge in [0.1, 0.15) is 6.61 Å². The van der Waals surface area contributed by atoms with Crippen LogP contribution >= 0.6 is 0 Å². The molecule has 0 atom stereocenters. The van der Waals surface area contributed by atoms with E-state index in [1.54, 1.807) is 7.11 Å². The molecule has 0 bridgehead atoms. The molecule has 0 spiro atoms. The van der Waals surface area contributed by atoms with Crippen LogP contribution in [0, 0.1) is 6.92 Å². The quantitative estimate of drug-likeness (QED) is 0.229. The molecule has 0 aliphatic carbocycles. The number of pyridine rings is 2. The molecule has 2 heterocycles. The second kappa shape index (κ2) is 7.10. The van der Waals surface area contributed by atoms with Gasteiger partial charge in [-0.25, -0.2) is 0 Å². The zero-order valence-electron chi connectivity index (χ0n) is 16.6. The first-order chi connectivity index (χ1) is 14.2. The summed E-state index contributed by atoms with van der Waals surface area (Å²) in [6.45, 7) is 2.67. The normalized spacial score (nSPS) is 11.2. The van der Waals surface area contributed by atoms with E-state index in [2.05, 4.69) is 78.2 Å². The molecular weight excluding hydrogens is 358 g/mol. The summed E-state index contributed by atoms with van der Waals surface area (Å²) in [6, 6.07) is 27.2. The van der Waals surface area contributed by atoms with Crippen LogP contribution < -0.4 is 13.9 Å². The molecule has 29 heavy (non-hydrogen) atoms. The van der Waals surface area contributed by atoms with E-state index in [9.17, 15) is 0 Å². The summed E-state index contributed by atoms with van der Waals surface area (Å²) in [5, 5.41) is 4.77. The van der Waals surface area contributed by atoms with Crippen molar-refractivity contribution in [1.29, 1.82) is 0 Å². The molecule has 0 amide bonds. The summed E-state index contributed by atoms with van der Waals surface area (Å²) >= 11 is 0. The number of methoxy groups -OCH3 is 1. The van der Waals surface area contributed by atoms with Gasteiger partial charge in [-0.05, 0) is 34.5 Å². The fourth-order valence-electron chi connectivity index (χ4n) is 3.98. The number of hydrogen-bond acceptors (Lipinski definition) is 2. The number of benzene rings is 3. The second-order valence-corrected chi connectivity index (χ2v) is 7.25. The molecule has 5 rings (SSSR count). The molecule has 0 saturated carbocycles. The van der Waals surface area contributed by atoms with Crippen LogP contribution in [0.25, 0.3) is 27.1 Å². The Kier molecular flexibility index (Phi) is 4.28. The zero-order chi connectivity index (χ0) is 19.8. The molecule has 142 valence electrons. The average molecular weight is 380 g/mol. The number of aryl methyl sites for hydroxylation is 1. The maximum absolute atomic E-state index is 6.15. The third-order valence-corrected chi connectivity index (χ3v) is 5.52. The van der Waals surface area contributed by atoms with Crippen LogP contribution in [0.2, 0.25) is 0 Å². The van der Waals surface area contributed by atoms with Gasteiger partial charge in [0, 0.05) is 24.4 Å². The van der Waals surface area contributed by atoms with Gasteiger partial charge < -0.3 is 9.47 Å². The molecule has 3 heteroatoms. The maximum atomic E-state index is 6.15. The highest BCUT2D eigenvalue weighted by atomic mass is 16.5. The number of fused-ring (bicyclic) bond motifs is 4. The Labute approximate surface area is 169 Å². The Morgan fingerprint density at radius 2 is 1.52 bits per heavy atom. The van der Waals surface area contributed by atoms with Gasteiger partial charge in [0.15, 0.2) is 23.4 Å². The molecule has 3 aromatic carbocycles. The van der Waals surface area contributed by atoms with Gasteiger partial charge in [0.2, 0.25) is 5.52 Å². The third-order valence-electron chi connectivity index (χ3n) is 5.52. The monoisotopic (exact) mass is 380 g/mol. The number of aromatic nitrogens is 1. The summed E-state index contributed by atoms with van der Waals surface area (Å²) in [5.41, 5.74) is 3.51. The smallest absolute Gasteiger partial charge is 0.219 e. The minimum atomic E-state index is 0.503. The fourth-order valence-corrected chi connectivity index (χ4v) is 3.98. The molecule has 0 radical (unpaired) electrons. The molecule has 5 aromatic rings. The van der Waals surface area contributed by atoms with E-state index >= 15 is 0 Å². The first-order valence-corrected chi connectivity index (χ1v) is 9.76. The Morgan fingerprint density at radius 3 is 2.34 bits per heavy atom. The average Bonchev–Trinajstić information content (AvgIpc) is 2.78. The lowest BCUT2D eigenvalue weighted by molar-refractivity contribution is -0.516. The molecule has 0 saturated heterocycles. The number of hydrogen-bond donors (Lipinski definition) is 0. The van der Waals surface area contributed by atoms with Crippen LogP contribution in [0.1, 0.15) is 11.3 Å². The SMILES string of the molecule is COc1cc2cc[n+]3c(C)c4ccccc4cc3c2cc1OCc1ccccc1. The van der Waals surface area contributed by atoms with Crippen LogP contribution in [0.15, 0.2) is 85.1 Å². The van der Waals surface area contributed by atoms with Crippen molar-refractivity contribution in [3.63, 3.8) is 0 Å². The van der Waals surface area contributed by atoms with E-state index in [0.29, 0.717) is 6.61 Å². The van der Waals surface area contributed by atoms with Gasteiger partial charge in [-0.15, -0.1) is 0 Å².